The molecule has 1 amide bonds. The first-order valence-corrected chi connectivity index (χ1v) is 17.0. The normalized spacial score (nSPS) is 21.4. The first kappa shape index (κ1) is 35.6. The van der Waals surface area contributed by atoms with E-state index in [4.69, 9.17) is 23.0 Å². The summed E-state index contributed by atoms with van der Waals surface area (Å²) in [5, 5.41) is 2.94. The van der Waals surface area contributed by atoms with Crippen LogP contribution in [-0.2, 0) is 29.3 Å². The van der Waals surface area contributed by atoms with E-state index in [0.29, 0.717) is 6.42 Å². The number of phosphoric ester groups is 1. The number of rotatable bonds is 17. The van der Waals surface area contributed by atoms with Gasteiger partial charge in [0.1, 0.15) is 11.4 Å². The average molecular weight is 598 g/mol. The minimum atomic E-state index is -3.73. The second-order valence-corrected chi connectivity index (χ2v) is 14.9. The molecule has 1 saturated heterocycles. The molecule has 236 valence electrons. The van der Waals surface area contributed by atoms with Crippen molar-refractivity contribution in [3.8, 4) is 5.75 Å². The lowest BCUT2D eigenvalue weighted by Crippen LogP contribution is -2.57. The molecular weight excluding hydrogens is 541 g/mol. The fourth-order valence-electron chi connectivity index (χ4n) is 4.70. The van der Waals surface area contributed by atoms with Gasteiger partial charge in [-0.2, -0.15) is 0 Å². The smallest absolute Gasteiger partial charge is 0.475 e. The zero-order valence-electron chi connectivity index (χ0n) is 26.7. The molecule has 9 heteroatoms. The maximum absolute atomic E-state index is 13.0. The number of carbonyl (C=O) groups excluding carboxylic acids is 1. The van der Waals surface area contributed by atoms with Crippen LogP contribution >= 0.6 is 7.82 Å². The van der Waals surface area contributed by atoms with Gasteiger partial charge in [-0.15, -0.1) is 0 Å². The van der Waals surface area contributed by atoms with Crippen LogP contribution in [0.2, 0.25) is 0 Å². The molecule has 1 aliphatic rings. The number of hydrogen-bond donors (Lipinski definition) is 1. The number of nitrogens with one attached hydrogen (secondary N) is 1. The molecule has 1 aliphatic heterocycles. The highest BCUT2D eigenvalue weighted by molar-refractivity contribution is 7.48. The van der Waals surface area contributed by atoms with E-state index < -0.39 is 30.7 Å². The summed E-state index contributed by atoms with van der Waals surface area (Å²) in [6.07, 6.45) is 13.1. The SMILES string of the molecule is CCCCCCCCCCCOc1cccc(CCCC2(NC(=O)OC(C)(C)C)COP(=O)(OC(C)(C)C)OC2)c1. The van der Waals surface area contributed by atoms with Crippen molar-refractivity contribution in [2.45, 2.75) is 142 Å². The number of alkyl carbamates (subject to hydrolysis) is 1. The molecule has 0 bridgehead atoms. The van der Waals surface area contributed by atoms with E-state index in [1.807, 2.05) is 32.9 Å². The van der Waals surface area contributed by atoms with Crippen LogP contribution in [-0.4, -0.2) is 42.7 Å². The standard InChI is InChI=1S/C32H56NO7P/c1-8-9-10-11-12-13-14-15-16-23-36-28-21-17-19-27(24-28)20-18-22-32(33-29(34)39-30(2,3)4)25-37-41(35,38-26-32)40-31(5,6)7/h17,19,21,24H,8-16,18,20,22-23,25-26H2,1-7H3,(H,33,34). The molecular formula is C32H56NO7P. The van der Waals surface area contributed by atoms with Crippen LogP contribution in [0.1, 0.15) is 125 Å². The summed E-state index contributed by atoms with van der Waals surface area (Å²) in [6, 6.07) is 8.18. The molecule has 0 radical (unpaired) electrons. The number of carbonyl (C=O) groups is 1. The van der Waals surface area contributed by atoms with Crippen molar-refractivity contribution < 1.29 is 32.4 Å². The summed E-state index contributed by atoms with van der Waals surface area (Å²) in [7, 11) is -3.73. The first-order valence-electron chi connectivity index (χ1n) is 15.6. The summed E-state index contributed by atoms with van der Waals surface area (Å²) in [5.74, 6) is 0.883. The van der Waals surface area contributed by atoms with Gasteiger partial charge >= 0.3 is 13.9 Å². The second kappa shape index (κ2) is 16.9. The van der Waals surface area contributed by atoms with Gasteiger partial charge in [-0.25, -0.2) is 9.36 Å². The van der Waals surface area contributed by atoms with Crippen molar-refractivity contribution in [3.63, 3.8) is 0 Å². The first-order chi connectivity index (χ1) is 19.2. The maximum Gasteiger partial charge on any atom is 0.475 e. The van der Waals surface area contributed by atoms with Crippen LogP contribution < -0.4 is 10.1 Å². The molecule has 0 aliphatic carbocycles. The Hall–Kier alpha value is -1.60. The number of benzene rings is 1. The zero-order valence-corrected chi connectivity index (χ0v) is 27.6. The molecule has 1 aromatic rings. The van der Waals surface area contributed by atoms with Crippen LogP contribution in [0.5, 0.6) is 5.75 Å². The summed E-state index contributed by atoms with van der Waals surface area (Å²) in [4.78, 5) is 12.7. The van der Waals surface area contributed by atoms with Crippen LogP contribution in [0.15, 0.2) is 24.3 Å². The fourth-order valence-corrected chi connectivity index (χ4v) is 6.36. The van der Waals surface area contributed by atoms with Crippen LogP contribution in [0.3, 0.4) is 0 Å². The van der Waals surface area contributed by atoms with E-state index in [-0.39, 0.29) is 13.2 Å². The zero-order chi connectivity index (χ0) is 30.4. The van der Waals surface area contributed by atoms with Gasteiger partial charge < -0.3 is 14.8 Å². The molecule has 1 N–H and O–H groups in total. The van der Waals surface area contributed by atoms with Crippen molar-refractivity contribution in [2.24, 2.45) is 0 Å². The minimum absolute atomic E-state index is 0.00148. The summed E-state index contributed by atoms with van der Waals surface area (Å²) in [5.41, 5.74) is -1.08. The molecule has 0 spiro atoms. The van der Waals surface area contributed by atoms with E-state index in [9.17, 15) is 9.36 Å². The molecule has 1 heterocycles. The summed E-state index contributed by atoms with van der Waals surface area (Å²) in [6.45, 7) is 13.8. The Bertz CT molecular complexity index is 942. The van der Waals surface area contributed by atoms with Gasteiger partial charge in [0, 0.05) is 0 Å². The lowest BCUT2D eigenvalue weighted by atomic mass is 9.93. The number of phosphoric acid groups is 1. The maximum atomic E-state index is 13.0. The molecule has 0 saturated carbocycles. The molecule has 8 nitrogen and oxygen atoms in total. The van der Waals surface area contributed by atoms with E-state index in [1.165, 1.54) is 51.4 Å². The Kier molecular flexibility index (Phi) is 14.7. The van der Waals surface area contributed by atoms with Gasteiger partial charge in [0.05, 0.1) is 31.0 Å². The molecule has 41 heavy (non-hydrogen) atoms. The summed E-state index contributed by atoms with van der Waals surface area (Å²) >= 11 is 0. The molecule has 0 atom stereocenters. The Morgan fingerprint density at radius 1 is 0.902 bits per heavy atom. The number of hydrogen-bond acceptors (Lipinski definition) is 7. The van der Waals surface area contributed by atoms with E-state index >= 15 is 0 Å². The van der Waals surface area contributed by atoms with Crippen molar-refractivity contribution in [2.75, 3.05) is 19.8 Å². The van der Waals surface area contributed by atoms with Crippen molar-refractivity contribution in [1.82, 2.24) is 5.32 Å². The van der Waals surface area contributed by atoms with Crippen LogP contribution in [0, 0.1) is 0 Å². The fraction of sp³-hybridized carbons (Fsp3) is 0.781. The molecule has 0 unspecified atom stereocenters. The summed E-state index contributed by atoms with van der Waals surface area (Å²) < 4.78 is 41.3. The lowest BCUT2D eigenvalue weighted by Gasteiger charge is -2.41. The van der Waals surface area contributed by atoms with E-state index in [0.717, 1.165) is 37.2 Å². The van der Waals surface area contributed by atoms with Gasteiger partial charge in [0.2, 0.25) is 0 Å². The average Bonchev–Trinajstić information content (AvgIpc) is 2.85. The third-order valence-corrected chi connectivity index (χ3v) is 8.35. The van der Waals surface area contributed by atoms with Gasteiger partial charge in [-0.3, -0.25) is 13.6 Å². The molecule has 1 fully saturated rings. The van der Waals surface area contributed by atoms with Crippen LogP contribution in [0.25, 0.3) is 0 Å². The second-order valence-electron chi connectivity index (χ2n) is 13.3. The Balaban J connectivity index is 1.85. The Morgan fingerprint density at radius 2 is 1.51 bits per heavy atom. The highest BCUT2D eigenvalue weighted by Crippen LogP contribution is 2.56. The number of unbranched alkanes of at least 4 members (excludes halogenated alkanes) is 8. The topological polar surface area (TPSA) is 92.3 Å². The highest BCUT2D eigenvalue weighted by Gasteiger charge is 2.46. The van der Waals surface area contributed by atoms with Gasteiger partial charge in [0.25, 0.3) is 0 Å². The minimum Gasteiger partial charge on any atom is -0.494 e. The van der Waals surface area contributed by atoms with Gasteiger partial charge in [0.15, 0.2) is 0 Å². The third kappa shape index (κ3) is 15.4. The predicted molar refractivity (Wildman–Crippen MR) is 165 cm³/mol. The molecule has 0 aromatic heterocycles. The lowest BCUT2D eigenvalue weighted by molar-refractivity contribution is -0.0281. The number of aryl methyl sites for hydroxylation is 1. The number of ether oxygens (including phenoxy) is 2. The monoisotopic (exact) mass is 597 g/mol. The molecule has 1 aromatic carbocycles. The Morgan fingerprint density at radius 3 is 2.10 bits per heavy atom. The molecule has 2 rings (SSSR count). The van der Waals surface area contributed by atoms with Crippen molar-refractivity contribution >= 4 is 13.9 Å². The van der Waals surface area contributed by atoms with E-state index in [2.05, 4.69) is 24.4 Å². The van der Waals surface area contributed by atoms with Crippen molar-refractivity contribution in [1.29, 1.82) is 0 Å². The van der Waals surface area contributed by atoms with Gasteiger partial charge in [-0.05, 0) is 84.9 Å². The van der Waals surface area contributed by atoms with Crippen LogP contribution in [0.4, 0.5) is 4.79 Å². The number of amides is 1. The largest absolute Gasteiger partial charge is 0.494 e. The highest BCUT2D eigenvalue weighted by atomic mass is 31.2. The van der Waals surface area contributed by atoms with E-state index in [1.54, 1.807) is 20.8 Å². The van der Waals surface area contributed by atoms with Crippen molar-refractivity contribution in [3.05, 3.63) is 29.8 Å². The van der Waals surface area contributed by atoms with Gasteiger partial charge in [-0.1, -0.05) is 70.4 Å². The quantitative estimate of drug-likeness (QED) is 0.141. The third-order valence-electron chi connectivity index (χ3n) is 6.69. The predicted octanol–water partition coefficient (Wildman–Crippen LogP) is 9.15. The Labute approximate surface area is 249 Å².